The fourth-order valence-corrected chi connectivity index (χ4v) is 1.85. The number of aromatic nitrogens is 2. The predicted molar refractivity (Wildman–Crippen MR) is 66.7 cm³/mol. The van der Waals surface area contributed by atoms with Crippen molar-refractivity contribution in [3.05, 3.63) is 47.7 Å². The lowest BCUT2D eigenvalue weighted by atomic mass is 10.1. The van der Waals surface area contributed by atoms with E-state index in [-0.39, 0.29) is 0 Å². The van der Waals surface area contributed by atoms with Crippen molar-refractivity contribution in [1.82, 2.24) is 9.97 Å². The summed E-state index contributed by atoms with van der Waals surface area (Å²) in [7, 11) is 0. The molecule has 0 saturated carbocycles. The van der Waals surface area contributed by atoms with Crippen molar-refractivity contribution in [1.29, 1.82) is 0 Å². The molecule has 17 heavy (non-hydrogen) atoms. The predicted octanol–water partition coefficient (Wildman–Crippen LogP) is 3.51. The Morgan fingerprint density at radius 2 is 2.00 bits per heavy atom. The fraction of sp³-hybridized carbons (Fsp3) is 0.143. The van der Waals surface area contributed by atoms with Gasteiger partial charge in [0, 0.05) is 11.8 Å². The van der Waals surface area contributed by atoms with E-state index in [1.54, 1.807) is 6.20 Å². The van der Waals surface area contributed by atoms with Crippen molar-refractivity contribution in [3.8, 4) is 11.5 Å². The summed E-state index contributed by atoms with van der Waals surface area (Å²) in [4.78, 5) is 8.58. The van der Waals surface area contributed by atoms with Gasteiger partial charge in [-0.2, -0.15) is 4.98 Å². The Labute approximate surface area is 99.1 Å². The van der Waals surface area contributed by atoms with E-state index >= 15 is 0 Å². The lowest BCUT2D eigenvalue weighted by Crippen LogP contribution is -1.84. The van der Waals surface area contributed by atoms with Gasteiger partial charge in [-0.15, -0.1) is 0 Å². The van der Waals surface area contributed by atoms with E-state index in [1.165, 1.54) is 5.56 Å². The van der Waals surface area contributed by atoms with Crippen LogP contribution in [0.4, 0.5) is 0 Å². The number of rotatable bonds is 1. The summed E-state index contributed by atoms with van der Waals surface area (Å²) in [6, 6.07) is 9.97. The minimum atomic E-state index is 0.639. The second-order valence-corrected chi connectivity index (χ2v) is 4.16. The van der Waals surface area contributed by atoms with Gasteiger partial charge in [0.05, 0.1) is 0 Å². The van der Waals surface area contributed by atoms with E-state index in [1.807, 2.05) is 12.1 Å². The monoisotopic (exact) mass is 224 g/mol. The van der Waals surface area contributed by atoms with Crippen LogP contribution >= 0.6 is 0 Å². The third kappa shape index (κ3) is 1.69. The smallest absolute Gasteiger partial charge is 0.229 e. The molecule has 1 aromatic carbocycles. The van der Waals surface area contributed by atoms with Gasteiger partial charge < -0.3 is 4.42 Å². The lowest BCUT2D eigenvalue weighted by molar-refractivity contribution is 0.619. The molecule has 0 unspecified atom stereocenters. The van der Waals surface area contributed by atoms with Crippen LogP contribution in [0.2, 0.25) is 0 Å². The van der Waals surface area contributed by atoms with Gasteiger partial charge in [-0.1, -0.05) is 17.7 Å². The number of oxazole rings is 1. The van der Waals surface area contributed by atoms with E-state index < -0.39 is 0 Å². The van der Waals surface area contributed by atoms with Gasteiger partial charge >= 0.3 is 0 Å². The second kappa shape index (κ2) is 3.70. The minimum Gasteiger partial charge on any atom is -0.434 e. The molecule has 0 saturated heterocycles. The largest absolute Gasteiger partial charge is 0.434 e. The van der Waals surface area contributed by atoms with E-state index in [0.29, 0.717) is 11.5 Å². The lowest BCUT2D eigenvalue weighted by Gasteiger charge is -2.01. The summed E-state index contributed by atoms with van der Waals surface area (Å²) in [5, 5.41) is 0. The molecule has 84 valence electrons. The maximum Gasteiger partial charge on any atom is 0.229 e. The molecular formula is C14H12N2O. The molecule has 3 rings (SSSR count). The molecule has 0 N–H and O–H groups in total. The highest BCUT2D eigenvalue weighted by Gasteiger charge is 2.10. The molecule has 2 aromatic heterocycles. The molecular weight excluding hydrogens is 212 g/mol. The van der Waals surface area contributed by atoms with Crippen molar-refractivity contribution in [3.63, 3.8) is 0 Å². The summed E-state index contributed by atoms with van der Waals surface area (Å²) < 4.78 is 5.72. The van der Waals surface area contributed by atoms with Crippen molar-refractivity contribution < 1.29 is 4.42 Å². The van der Waals surface area contributed by atoms with Crippen LogP contribution in [0.1, 0.15) is 11.1 Å². The van der Waals surface area contributed by atoms with Gasteiger partial charge in [0.15, 0.2) is 11.2 Å². The van der Waals surface area contributed by atoms with Gasteiger partial charge in [-0.05, 0) is 37.6 Å². The summed E-state index contributed by atoms with van der Waals surface area (Å²) in [5.41, 5.74) is 4.76. The Balaban J connectivity index is 2.23. The van der Waals surface area contributed by atoms with Crippen LogP contribution < -0.4 is 0 Å². The summed E-state index contributed by atoms with van der Waals surface area (Å²) in [6.45, 7) is 4.11. The average molecular weight is 224 g/mol. The third-order valence-electron chi connectivity index (χ3n) is 2.79. The quantitative estimate of drug-likeness (QED) is 0.635. The molecule has 3 nitrogen and oxygen atoms in total. The number of fused-ring (bicyclic) bond motifs is 1. The molecule has 0 spiro atoms. The summed E-state index contributed by atoms with van der Waals surface area (Å²) >= 11 is 0. The Hall–Kier alpha value is -2.16. The number of aryl methyl sites for hydroxylation is 2. The summed E-state index contributed by atoms with van der Waals surface area (Å²) in [6.07, 6.45) is 1.72. The van der Waals surface area contributed by atoms with Crippen LogP contribution in [0.5, 0.6) is 0 Å². The van der Waals surface area contributed by atoms with Gasteiger partial charge in [-0.25, -0.2) is 4.98 Å². The standard InChI is InChI=1S/C14H12N2O/c1-9-5-6-10(2)11(8-9)14-16-13-12(17-14)4-3-7-15-13/h3-8H,1-2H3. The zero-order valence-corrected chi connectivity index (χ0v) is 9.77. The summed E-state index contributed by atoms with van der Waals surface area (Å²) in [5.74, 6) is 0.639. The first kappa shape index (κ1) is 10.0. The molecule has 0 atom stereocenters. The molecule has 0 fully saturated rings. The van der Waals surface area contributed by atoms with Crippen LogP contribution in [0, 0.1) is 13.8 Å². The van der Waals surface area contributed by atoms with E-state index in [9.17, 15) is 0 Å². The van der Waals surface area contributed by atoms with Crippen LogP contribution in [-0.2, 0) is 0 Å². The molecule has 0 amide bonds. The fourth-order valence-electron chi connectivity index (χ4n) is 1.85. The molecule has 0 bridgehead atoms. The highest BCUT2D eigenvalue weighted by Crippen LogP contribution is 2.26. The van der Waals surface area contributed by atoms with Crippen LogP contribution in [0.3, 0.4) is 0 Å². The number of pyridine rings is 1. The topological polar surface area (TPSA) is 38.9 Å². The first-order chi connectivity index (χ1) is 8.24. The number of nitrogens with zero attached hydrogens (tertiary/aromatic N) is 2. The molecule has 2 heterocycles. The second-order valence-electron chi connectivity index (χ2n) is 4.16. The molecule has 0 aliphatic rings. The first-order valence-electron chi connectivity index (χ1n) is 5.53. The highest BCUT2D eigenvalue weighted by atomic mass is 16.3. The SMILES string of the molecule is Cc1ccc(C)c(-c2nc3ncccc3o2)c1. The van der Waals surface area contributed by atoms with E-state index in [0.717, 1.165) is 16.7 Å². The number of hydrogen-bond donors (Lipinski definition) is 0. The molecule has 0 aliphatic carbocycles. The highest BCUT2D eigenvalue weighted by molar-refractivity contribution is 5.73. The maximum absolute atomic E-state index is 5.72. The van der Waals surface area contributed by atoms with Gasteiger partial charge in [0.2, 0.25) is 5.89 Å². The van der Waals surface area contributed by atoms with Crippen molar-refractivity contribution >= 4 is 11.2 Å². The number of benzene rings is 1. The first-order valence-corrected chi connectivity index (χ1v) is 5.53. The van der Waals surface area contributed by atoms with E-state index in [2.05, 4.69) is 42.0 Å². The Morgan fingerprint density at radius 3 is 2.82 bits per heavy atom. The Morgan fingerprint density at radius 1 is 1.12 bits per heavy atom. The maximum atomic E-state index is 5.72. The van der Waals surface area contributed by atoms with Gasteiger partial charge in [-0.3, -0.25) is 0 Å². The zero-order chi connectivity index (χ0) is 11.8. The average Bonchev–Trinajstić information content (AvgIpc) is 2.75. The van der Waals surface area contributed by atoms with Crippen LogP contribution in [-0.4, -0.2) is 9.97 Å². The molecule has 3 heteroatoms. The minimum absolute atomic E-state index is 0.639. The van der Waals surface area contributed by atoms with Gasteiger partial charge in [0.25, 0.3) is 0 Å². The Bertz CT molecular complexity index is 653. The normalized spacial score (nSPS) is 10.9. The molecule has 0 radical (unpaired) electrons. The zero-order valence-electron chi connectivity index (χ0n) is 9.77. The van der Waals surface area contributed by atoms with Crippen molar-refractivity contribution in [2.75, 3.05) is 0 Å². The number of hydrogen-bond acceptors (Lipinski definition) is 3. The van der Waals surface area contributed by atoms with E-state index in [4.69, 9.17) is 4.42 Å². The van der Waals surface area contributed by atoms with Crippen LogP contribution in [0.25, 0.3) is 22.7 Å². The third-order valence-corrected chi connectivity index (χ3v) is 2.79. The van der Waals surface area contributed by atoms with Crippen molar-refractivity contribution in [2.45, 2.75) is 13.8 Å². The molecule has 3 aromatic rings. The van der Waals surface area contributed by atoms with Gasteiger partial charge in [0.1, 0.15) is 0 Å². The van der Waals surface area contributed by atoms with Crippen molar-refractivity contribution in [2.24, 2.45) is 0 Å². The Kier molecular flexibility index (Phi) is 2.18. The van der Waals surface area contributed by atoms with Crippen LogP contribution in [0.15, 0.2) is 40.9 Å². The molecule has 0 aliphatic heterocycles.